The predicted octanol–water partition coefficient (Wildman–Crippen LogP) is 20.4. The Morgan fingerprint density at radius 3 is 1.27 bits per heavy atom. The van der Waals surface area contributed by atoms with E-state index in [-0.39, 0.29) is 44.7 Å². The molecule has 1 saturated carbocycles. The predicted molar refractivity (Wildman–Crippen MR) is 368 cm³/mol. The molecule has 1 aliphatic carbocycles. The first-order valence-corrected chi connectivity index (χ1v) is 31.7. The molecule has 4 aliphatic rings. The first-order valence-electron chi connectivity index (χ1n) is 31.7. The van der Waals surface area contributed by atoms with E-state index in [1.165, 1.54) is 130 Å². The zero-order valence-electron chi connectivity index (χ0n) is 53.7. The molecular weight excluding hydrogens is 1030 g/mol. The highest BCUT2D eigenvalue weighted by atomic mass is 15.3. The SMILES string of the molecule is CC(C)(C)c1ccc2c(c1)B1c3ccc(C(C)(C)C)cc3N(c3ccc(C(C)(C)C)cc3-c3ccccc3)c3cc(N4c5ccc(C(C)(C)C)cc5C5(c6ccccc6)CCCCC45C)cc(c31)N2c1ccc(C(C)(C)C)cc1-c1ccccc1. The van der Waals surface area contributed by atoms with Gasteiger partial charge in [-0.25, -0.2) is 0 Å². The molecule has 4 heteroatoms. The Balaban J connectivity index is 1.22. The van der Waals surface area contributed by atoms with Gasteiger partial charge in [0, 0.05) is 50.7 Å². The average Bonchev–Trinajstić information content (AvgIpc) is 1.65. The van der Waals surface area contributed by atoms with Crippen LogP contribution >= 0.6 is 0 Å². The molecular formula is C81H88BN3. The molecule has 3 aliphatic heterocycles. The minimum absolute atomic E-state index is 0.0328. The van der Waals surface area contributed by atoms with Crippen LogP contribution < -0.4 is 31.1 Å². The Morgan fingerprint density at radius 1 is 0.353 bits per heavy atom. The fourth-order valence-electron chi connectivity index (χ4n) is 15.3. The number of fused-ring (bicyclic) bond motifs is 7. The van der Waals surface area contributed by atoms with Gasteiger partial charge in [-0.05, 0) is 168 Å². The lowest BCUT2D eigenvalue weighted by Crippen LogP contribution is -2.62. The Hall–Kier alpha value is -7.56. The second-order valence-electron chi connectivity index (χ2n) is 30.8. The fraction of sp³-hybridized carbons (Fsp3) is 0.333. The van der Waals surface area contributed by atoms with Crippen LogP contribution in [0, 0.1) is 0 Å². The van der Waals surface area contributed by atoms with Gasteiger partial charge in [-0.3, -0.25) is 0 Å². The van der Waals surface area contributed by atoms with Gasteiger partial charge in [-0.15, -0.1) is 0 Å². The maximum Gasteiger partial charge on any atom is 0.252 e. The van der Waals surface area contributed by atoms with Crippen LogP contribution in [0.15, 0.2) is 194 Å². The van der Waals surface area contributed by atoms with Gasteiger partial charge in [0.05, 0.1) is 16.9 Å². The highest BCUT2D eigenvalue weighted by molar-refractivity contribution is 7.00. The van der Waals surface area contributed by atoms with E-state index in [2.05, 4.69) is 320 Å². The molecule has 9 aromatic rings. The summed E-state index contributed by atoms with van der Waals surface area (Å²) in [7, 11) is 0. The standard InChI is InChI=1S/C81H88BN3/c1-75(2,3)56-35-40-67(62(46-56)53-28-20-17-21-29-53)83-70-43-38-59(78(10,11)12)49-66(70)82-65-39-34-60(79(13,14)15)50-71(65)84(68-41-36-57(76(4,5)6)47-63(68)54-30-22-18-23-31-54)73-52-61(51-72(83)74(73)82)85-69-42-37-58(77(7,8)9)48-64(69)81(55-32-24-19-25-33-55)45-27-26-44-80(81,85)16/h17-25,28-43,46-52H,26-27,44-45H2,1-16H3. The summed E-state index contributed by atoms with van der Waals surface area (Å²) in [6, 6.07) is 76.7. The first-order chi connectivity index (χ1) is 40.2. The molecule has 13 rings (SSSR count). The summed E-state index contributed by atoms with van der Waals surface area (Å²) in [4.78, 5) is 8.29. The summed E-state index contributed by atoms with van der Waals surface area (Å²) >= 11 is 0. The molecule has 0 N–H and O–H groups in total. The van der Waals surface area contributed by atoms with Crippen LogP contribution in [0.4, 0.5) is 45.5 Å². The lowest BCUT2D eigenvalue weighted by atomic mass is 9.33. The lowest BCUT2D eigenvalue weighted by Gasteiger charge is -2.53. The van der Waals surface area contributed by atoms with Gasteiger partial charge >= 0.3 is 0 Å². The van der Waals surface area contributed by atoms with Crippen molar-refractivity contribution in [3.8, 4) is 22.3 Å². The number of nitrogens with zero attached hydrogens (tertiary/aromatic N) is 3. The van der Waals surface area contributed by atoms with Crippen LogP contribution in [0.2, 0.25) is 0 Å². The molecule has 430 valence electrons. The second-order valence-corrected chi connectivity index (χ2v) is 30.8. The van der Waals surface area contributed by atoms with Crippen LogP contribution in [0.3, 0.4) is 0 Å². The van der Waals surface area contributed by atoms with Crippen molar-refractivity contribution in [2.45, 2.75) is 174 Å². The molecule has 0 bridgehead atoms. The van der Waals surface area contributed by atoms with Crippen molar-refractivity contribution in [2.75, 3.05) is 14.7 Å². The van der Waals surface area contributed by atoms with Crippen molar-refractivity contribution in [3.63, 3.8) is 0 Å². The Bertz CT molecular complexity index is 4060. The average molecular weight is 1110 g/mol. The summed E-state index contributed by atoms with van der Waals surface area (Å²) in [5, 5.41) is 0. The molecule has 85 heavy (non-hydrogen) atoms. The number of benzene rings is 9. The molecule has 1 fully saturated rings. The molecule has 3 nitrogen and oxygen atoms in total. The molecule has 0 aromatic heterocycles. The van der Waals surface area contributed by atoms with Gasteiger partial charge in [0.2, 0.25) is 0 Å². The van der Waals surface area contributed by atoms with Gasteiger partial charge < -0.3 is 14.7 Å². The van der Waals surface area contributed by atoms with E-state index in [1.54, 1.807) is 0 Å². The van der Waals surface area contributed by atoms with Crippen molar-refractivity contribution in [2.24, 2.45) is 0 Å². The van der Waals surface area contributed by atoms with E-state index in [0.29, 0.717) is 0 Å². The molecule has 9 aromatic carbocycles. The highest BCUT2D eigenvalue weighted by Crippen LogP contribution is 2.65. The van der Waals surface area contributed by atoms with Crippen molar-refractivity contribution in [1.82, 2.24) is 0 Å². The van der Waals surface area contributed by atoms with Gasteiger partial charge in [-0.1, -0.05) is 256 Å². The molecule has 0 radical (unpaired) electrons. The number of anilines is 8. The largest absolute Gasteiger partial charge is 0.334 e. The second kappa shape index (κ2) is 19.7. The van der Waals surface area contributed by atoms with E-state index < -0.39 is 0 Å². The molecule has 3 heterocycles. The number of rotatable bonds is 6. The fourth-order valence-corrected chi connectivity index (χ4v) is 15.3. The topological polar surface area (TPSA) is 9.72 Å². The summed E-state index contributed by atoms with van der Waals surface area (Å²) in [5.74, 6) is 0. The van der Waals surface area contributed by atoms with Crippen molar-refractivity contribution in [1.29, 1.82) is 0 Å². The third-order valence-electron chi connectivity index (χ3n) is 20.1. The number of hydrogen-bond donors (Lipinski definition) is 0. The summed E-state index contributed by atoms with van der Waals surface area (Å²) in [6.45, 7) is 38.0. The van der Waals surface area contributed by atoms with Gasteiger partial charge in [-0.2, -0.15) is 0 Å². The molecule has 0 spiro atoms. The third-order valence-corrected chi connectivity index (χ3v) is 20.1. The van der Waals surface area contributed by atoms with Gasteiger partial charge in [0.1, 0.15) is 0 Å². The zero-order valence-corrected chi connectivity index (χ0v) is 53.7. The van der Waals surface area contributed by atoms with E-state index in [0.717, 1.165) is 19.3 Å². The van der Waals surface area contributed by atoms with Crippen LogP contribution in [-0.2, 0) is 32.5 Å². The summed E-state index contributed by atoms with van der Waals surface area (Å²) < 4.78 is 0. The minimum Gasteiger partial charge on any atom is -0.334 e. The lowest BCUT2D eigenvalue weighted by molar-refractivity contribution is 0.215. The maximum absolute atomic E-state index is 2.87. The minimum atomic E-state index is -0.325. The highest BCUT2D eigenvalue weighted by Gasteiger charge is 2.62. The van der Waals surface area contributed by atoms with E-state index in [4.69, 9.17) is 0 Å². The third kappa shape index (κ3) is 9.13. The quantitative estimate of drug-likeness (QED) is 0.154. The van der Waals surface area contributed by atoms with Gasteiger partial charge in [0.25, 0.3) is 6.71 Å². The molecule has 0 saturated heterocycles. The van der Waals surface area contributed by atoms with E-state index >= 15 is 0 Å². The Kier molecular flexibility index (Phi) is 13.1. The normalized spacial score (nSPS) is 18.4. The van der Waals surface area contributed by atoms with Crippen molar-refractivity contribution >= 4 is 68.6 Å². The summed E-state index contributed by atoms with van der Waals surface area (Å²) in [6.07, 6.45) is 4.47. The van der Waals surface area contributed by atoms with Crippen molar-refractivity contribution in [3.05, 3.63) is 233 Å². The maximum atomic E-state index is 2.87. The Labute approximate surface area is 510 Å². The molecule has 2 unspecified atom stereocenters. The van der Waals surface area contributed by atoms with Crippen molar-refractivity contribution < 1.29 is 0 Å². The smallest absolute Gasteiger partial charge is 0.252 e. The zero-order chi connectivity index (χ0) is 60.0. The molecule has 2 atom stereocenters. The van der Waals surface area contributed by atoms with Crippen LogP contribution in [-0.4, -0.2) is 12.3 Å². The van der Waals surface area contributed by atoms with Crippen LogP contribution in [0.25, 0.3) is 22.3 Å². The Morgan fingerprint density at radius 2 is 0.765 bits per heavy atom. The monoisotopic (exact) mass is 1110 g/mol. The molecule has 0 amide bonds. The first kappa shape index (κ1) is 56.6. The van der Waals surface area contributed by atoms with Gasteiger partial charge in [0.15, 0.2) is 0 Å². The summed E-state index contributed by atoms with van der Waals surface area (Å²) in [5.41, 5.74) is 27.3. The van der Waals surface area contributed by atoms with Crippen LogP contribution in [0.5, 0.6) is 0 Å². The number of hydrogen-bond acceptors (Lipinski definition) is 3. The van der Waals surface area contributed by atoms with Crippen LogP contribution in [0.1, 0.15) is 175 Å². The van der Waals surface area contributed by atoms with E-state index in [1.807, 2.05) is 0 Å². The van der Waals surface area contributed by atoms with E-state index in [9.17, 15) is 0 Å².